The molecule has 0 amide bonds. The van der Waals surface area contributed by atoms with Gasteiger partial charge in [-0.3, -0.25) is 4.90 Å². The first-order chi connectivity index (χ1) is 14.1. The topological polar surface area (TPSA) is 62.8 Å². The molecule has 1 aliphatic heterocycles. The molecule has 0 aliphatic carbocycles. The van der Waals surface area contributed by atoms with Gasteiger partial charge in [0.15, 0.2) is 5.11 Å². The number of benzene rings is 2. The van der Waals surface area contributed by atoms with Crippen molar-refractivity contribution in [1.82, 2.24) is 10.2 Å². The highest BCUT2D eigenvalue weighted by molar-refractivity contribution is 7.80. The Balaban J connectivity index is 1.59. The van der Waals surface area contributed by atoms with Crippen LogP contribution in [0.2, 0.25) is 5.02 Å². The molecular weight excluding hydrogens is 410 g/mol. The lowest BCUT2D eigenvalue weighted by Gasteiger charge is -2.27. The van der Waals surface area contributed by atoms with Gasteiger partial charge in [0.05, 0.1) is 30.9 Å². The van der Waals surface area contributed by atoms with E-state index in [2.05, 4.69) is 33.7 Å². The highest BCUT2D eigenvalue weighted by Gasteiger charge is 2.14. The molecule has 1 heterocycles. The Hall–Kier alpha value is -2.19. The lowest BCUT2D eigenvalue weighted by atomic mass is 10.1. The van der Waals surface area contributed by atoms with Gasteiger partial charge in [0, 0.05) is 31.9 Å². The number of nitrogens with zero attached hydrogens (tertiary/aromatic N) is 1. The minimum absolute atomic E-state index is 0.290. The molecule has 2 aromatic rings. The number of nitrogens with one attached hydrogen (secondary N) is 2. The van der Waals surface area contributed by atoms with E-state index < -0.39 is 5.97 Å². The number of methoxy groups -OCH3 is 1. The Bertz CT molecular complexity index is 872. The summed E-state index contributed by atoms with van der Waals surface area (Å²) in [5.74, 6) is -0.491. The van der Waals surface area contributed by atoms with Gasteiger partial charge in [-0.05, 0) is 41.5 Å². The zero-order chi connectivity index (χ0) is 20.6. The molecule has 29 heavy (non-hydrogen) atoms. The van der Waals surface area contributed by atoms with Crippen LogP contribution in [0.5, 0.6) is 0 Å². The molecule has 0 unspecified atom stereocenters. The Morgan fingerprint density at radius 1 is 1.21 bits per heavy atom. The lowest BCUT2D eigenvalue weighted by Crippen LogP contribution is -2.36. The van der Waals surface area contributed by atoms with Gasteiger partial charge in [0.2, 0.25) is 0 Å². The van der Waals surface area contributed by atoms with Gasteiger partial charge < -0.3 is 20.1 Å². The van der Waals surface area contributed by atoms with Crippen LogP contribution >= 0.6 is 23.8 Å². The highest BCUT2D eigenvalue weighted by atomic mass is 35.5. The van der Waals surface area contributed by atoms with E-state index in [9.17, 15) is 4.79 Å². The first-order valence-corrected chi connectivity index (χ1v) is 10.1. The smallest absolute Gasteiger partial charge is 0.339 e. The molecule has 8 heteroatoms. The molecule has 0 spiro atoms. The van der Waals surface area contributed by atoms with Crippen LogP contribution in [0, 0.1) is 0 Å². The normalized spacial score (nSPS) is 14.3. The maximum atomic E-state index is 11.8. The van der Waals surface area contributed by atoms with E-state index in [1.165, 1.54) is 18.2 Å². The van der Waals surface area contributed by atoms with Crippen molar-refractivity contribution >= 4 is 40.6 Å². The van der Waals surface area contributed by atoms with E-state index in [-0.39, 0.29) is 5.56 Å². The van der Waals surface area contributed by atoms with E-state index in [1.54, 1.807) is 18.2 Å². The molecule has 0 bridgehead atoms. The van der Waals surface area contributed by atoms with Gasteiger partial charge in [-0.1, -0.05) is 35.9 Å². The number of anilines is 1. The fraction of sp³-hybridized carbons (Fsp3) is 0.333. The molecule has 0 aromatic heterocycles. The lowest BCUT2D eigenvalue weighted by molar-refractivity contribution is 0.0341. The fourth-order valence-electron chi connectivity index (χ4n) is 3.10. The molecule has 1 fully saturated rings. The predicted octanol–water partition coefficient (Wildman–Crippen LogP) is 3.45. The molecule has 3 rings (SSSR count). The minimum Gasteiger partial charge on any atom is -0.465 e. The Labute approximate surface area is 181 Å². The molecule has 0 radical (unpaired) electrons. The average Bonchev–Trinajstić information content (AvgIpc) is 2.74. The number of ether oxygens (including phenoxy) is 2. The van der Waals surface area contributed by atoms with Gasteiger partial charge in [-0.25, -0.2) is 4.79 Å². The summed E-state index contributed by atoms with van der Waals surface area (Å²) in [6.07, 6.45) is 0. The van der Waals surface area contributed by atoms with Crippen LogP contribution < -0.4 is 10.6 Å². The number of carbonyl (C=O) groups excluding carboxylic acids is 1. The van der Waals surface area contributed by atoms with Crippen molar-refractivity contribution in [2.75, 3.05) is 38.7 Å². The monoisotopic (exact) mass is 433 g/mol. The Kier molecular flexibility index (Phi) is 7.83. The number of rotatable bonds is 6. The third kappa shape index (κ3) is 6.14. The van der Waals surface area contributed by atoms with E-state index >= 15 is 0 Å². The summed E-state index contributed by atoms with van der Waals surface area (Å²) in [5.41, 5.74) is 3.41. The summed E-state index contributed by atoms with van der Waals surface area (Å²) < 4.78 is 10.2. The van der Waals surface area contributed by atoms with Crippen molar-refractivity contribution in [1.29, 1.82) is 0 Å². The molecule has 2 N–H and O–H groups in total. The van der Waals surface area contributed by atoms with Gasteiger partial charge in [0.1, 0.15) is 0 Å². The Morgan fingerprint density at radius 2 is 1.93 bits per heavy atom. The number of morpholine rings is 1. The van der Waals surface area contributed by atoms with E-state index in [1.807, 2.05) is 6.07 Å². The standard InChI is InChI=1S/C21H24ClN3O3S/c1-27-20(26)18-12-17(6-7-19(18)22)24-21(29)23-13-15-4-2-3-5-16(15)14-25-8-10-28-11-9-25/h2-7,12H,8-11,13-14H2,1H3,(H2,23,24,29). The van der Waals surface area contributed by atoms with Crippen LogP contribution in [0.4, 0.5) is 5.69 Å². The van der Waals surface area contributed by atoms with Gasteiger partial charge >= 0.3 is 5.97 Å². The maximum Gasteiger partial charge on any atom is 0.339 e. The van der Waals surface area contributed by atoms with Crippen molar-refractivity contribution in [3.8, 4) is 0 Å². The second kappa shape index (κ2) is 10.5. The summed E-state index contributed by atoms with van der Waals surface area (Å²) in [7, 11) is 1.32. The second-order valence-electron chi connectivity index (χ2n) is 6.65. The van der Waals surface area contributed by atoms with Crippen molar-refractivity contribution in [3.05, 3.63) is 64.2 Å². The molecule has 1 saturated heterocycles. The molecule has 0 atom stereocenters. The minimum atomic E-state index is -0.491. The van der Waals surface area contributed by atoms with Crippen LogP contribution in [-0.4, -0.2) is 49.4 Å². The van der Waals surface area contributed by atoms with Crippen molar-refractivity contribution in [2.45, 2.75) is 13.1 Å². The van der Waals surface area contributed by atoms with Crippen LogP contribution in [0.15, 0.2) is 42.5 Å². The summed E-state index contributed by atoms with van der Waals surface area (Å²) in [6.45, 7) is 4.94. The quantitative estimate of drug-likeness (QED) is 0.534. The van der Waals surface area contributed by atoms with Gasteiger partial charge in [-0.15, -0.1) is 0 Å². The van der Waals surface area contributed by atoms with Crippen LogP contribution in [0.1, 0.15) is 21.5 Å². The predicted molar refractivity (Wildman–Crippen MR) is 118 cm³/mol. The second-order valence-corrected chi connectivity index (χ2v) is 7.47. The van der Waals surface area contributed by atoms with Crippen molar-refractivity contribution in [2.24, 2.45) is 0 Å². The van der Waals surface area contributed by atoms with Gasteiger partial charge in [0.25, 0.3) is 0 Å². The molecule has 1 aliphatic rings. The summed E-state index contributed by atoms with van der Waals surface area (Å²) in [5, 5.41) is 7.11. The third-order valence-corrected chi connectivity index (χ3v) is 5.26. The van der Waals surface area contributed by atoms with E-state index in [0.717, 1.165) is 32.8 Å². The zero-order valence-corrected chi connectivity index (χ0v) is 17.8. The molecule has 0 saturated carbocycles. The van der Waals surface area contributed by atoms with Crippen LogP contribution in [0.3, 0.4) is 0 Å². The van der Waals surface area contributed by atoms with Crippen LogP contribution in [-0.2, 0) is 22.6 Å². The number of halogens is 1. The maximum absolute atomic E-state index is 11.8. The number of hydrogen-bond donors (Lipinski definition) is 2. The number of thiocarbonyl (C=S) groups is 1. The summed E-state index contributed by atoms with van der Waals surface area (Å²) in [6, 6.07) is 13.3. The fourth-order valence-corrected chi connectivity index (χ4v) is 3.49. The van der Waals surface area contributed by atoms with Crippen molar-refractivity contribution < 1.29 is 14.3 Å². The average molecular weight is 434 g/mol. The first kappa shape index (κ1) is 21.5. The SMILES string of the molecule is COC(=O)c1cc(NC(=S)NCc2ccccc2CN2CCOCC2)ccc1Cl. The third-order valence-electron chi connectivity index (χ3n) is 4.68. The zero-order valence-electron chi connectivity index (χ0n) is 16.2. The van der Waals surface area contributed by atoms with Crippen LogP contribution in [0.25, 0.3) is 0 Å². The summed E-state index contributed by atoms with van der Waals surface area (Å²) in [4.78, 5) is 14.2. The largest absolute Gasteiger partial charge is 0.465 e. The summed E-state index contributed by atoms with van der Waals surface area (Å²) >= 11 is 11.5. The number of esters is 1. The van der Waals surface area contributed by atoms with Crippen molar-refractivity contribution in [3.63, 3.8) is 0 Å². The molecule has 6 nitrogen and oxygen atoms in total. The first-order valence-electron chi connectivity index (χ1n) is 9.36. The molecule has 154 valence electrons. The molecule has 2 aromatic carbocycles. The highest BCUT2D eigenvalue weighted by Crippen LogP contribution is 2.21. The van der Waals surface area contributed by atoms with Gasteiger partial charge in [-0.2, -0.15) is 0 Å². The Morgan fingerprint density at radius 3 is 2.66 bits per heavy atom. The van der Waals surface area contributed by atoms with E-state index in [0.29, 0.717) is 22.4 Å². The number of hydrogen-bond acceptors (Lipinski definition) is 5. The number of carbonyl (C=O) groups is 1. The van der Waals surface area contributed by atoms with E-state index in [4.69, 9.17) is 33.3 Å². The molecular formula is C21H24ClN3O3S.